The highest BCUT2D eigenvalue weighted by atomic mass is 32.1. The van der Waals surface area contributed by atoms with Crippen LogP contribution in [0.25, 0.3) is 0 Å². The van der Waals surface area contributed by atoms with Gasteiger partial charge in [-0.25, -0.2) is 4.39 Å². The van der Waals surface area contributed by atoms with Gasteiger partial charge in [0.2, 0.25) is 5.91 Å². The highest BCUT2D eigenvalue weighted by molar-refractivity contribution is 7.80. The number of amides is 1. The first-order chi connectivity index (χ1) is 6.70. The Kier molecular flexibility index (Phi) is 2.29. The summed E-state index contributed by atoms with van der Waals surface area (Å²) in [5, 5.41) is 0. The molecule has 0 aromatic heterocycles. The van der Waals surface area contributed by atoms with Crippen LogP contribution in [-0.2, 0) is 4.79 Å². The lowest BCUT2D eigenvalue weighted by Gasteiger charge is -2.16. The maximum Gasteiger partial charge on any atom is 0.232 e. The molecular weight excluding hydrogens is 201 g/mol. The standard InChI is InChI=1S/C10H8FNOS/c11-7-3-1-2-4-8(7)12-9(13)5-6-10(12)14/h1-4H,5-6H2. The molecule has 0 saturated carbocycles. The van der Waals surface area contributed by atoms with Crippen LogP contribution in [0.1, 0.15) is 12.8 Å². The monoisotopic (exact) mass is 209 g/mol. The number of thiocarbonyl (C=S) groups is 1. The molecular formula is C10H8FNOS. The Morgan fingerprint density at radius 1 is 1.29 bits per heavy atom. The number of halogens is 1. The number of hydrogen-bond acceptors (Lipinski definition) is 2. The second-order valence-electron chi connectivity index (χ2n) is 3.07. The Morgan fingerprint density at radius 2 is 2.00 bits per heavy atom. The zero-order valence-corrected chi connectivity index (χ0v) is 8.18. The van der Waals surface area contributed by atoms with E-state index in [1.165, 1.54) is 11.0 Å². The van der Waals surface area contributed by atoms with Gasteiger partial charge < -0.3 is 0 Å². The van der Waals surface area contributed by atoms with E-state index in [-0.39, 0.29) is 11.6 Å². The molecule has 0 bridgehead atoms. The summed E-state index contributed by atoms with van der Waals surface area (Å²) < 4.78 is 13.3. The van der Waals surface area contributed by atoms with Crippen LogP contribution in [0.3, 0.4) is 0 Å². The number of benzene rings is 1. The number of hydrogen-bond donors (Lipinski definition) is 0. The van der Waals surface area contributed by atoms with Gasteiger partial charge in [0.1, 0.15) is 5.82 Å². The Balaban J connectivity index is 2.44. The first kappa shape index (κ1) is 9.27. The zero-order chi connectivity index (χ0) is 10.1. The molecule has 1 heterocycles. The maximum atomic E-state index is 13.3. The molecule has 0 aliphatic carbocycles. The summed E-state index contributed by atoms with van der Waals surface area (Å²) in [4.78, 5) is 13.2. The second kappa shape index (κ2) is 3.46. The Hall–Kier alpha value is -1.29. The molecule has 1 amide bonds. The average molecular weight is 209 g/mol. The lowest BCUT2D eigenvalue weighted by atomic mass is 10.3. The van der Waals surface area contributed by atoms with Crippen molar-refractivity contribution in [3.63, 3.8) is 0 Å². The van der Waals surface area contributed by atoms with Crippen molar-refractivity contribution in [3.8, 4) is 0 Å². The molecule has 2 nitrogen and oxygen atoms in total. The second-order valence-corrected chi connectivity index (χ2v) is 3.55. The molecule has 0 atom stereocenters. The highest BCUT2D eigenvalue weighted by Gasteiger charge is 2.28. The fourth-order valence-corrected chi connectivity index (χ4v) is 1.78. The molecule has 72 valence electrons. The van der Waals surface area contributed by atoms with E-state index in [4.69, 9.17) is 12.2 Å². The molecule has 1 saturated heterocycles. The van der Waals surface area contributed by atoms with Crippen LogP contribution < -0.4 is 4.90 Å². The third-order valence-electron chi connectivity index (χ3n) is 2.14. The van der Waals surface area contributed by atoms with Crippen molar-refractivity contribution < 1.29 is 9.18 Å². The van der Waals surface area contributed by atoms with Crippen molar-refractivity contribution in [2.24, 2.45) is 0 Å². The highest BCUT2D eigenvalue weighted by Crippen LogP contribution is 2.25. The maximum absolute atomic E-state index is 13.3. The van der Waals surface area contributed by atoms with E-state index in [0.29, 0.717) is 17.8 Å². The van der Waals surface area contributed by atoms with Crippen molar-refractivity contribution >= 4 is 28.8 Å². The van der Waals surface area contributed by atoms with Gasteiger partial charge in [-0.3, -0.25) is 9.69 Å². The fourth-order valence-electron chi connectivity index (χ4n) is 1.48. The van der Waals surface area contributed by atoms with Crippen molar-refractivity contribution in [2.75, 3.05) is 4.90 Å². The Labute approximate surface area is 86.3 Å². The predicted molar refractivity (Wildman–Crippen MR) is 55.7 cm³/mol. The number of anilines is 1. The van der Waals surface area contributed by atoms with Crippen molar-refractivity contribution in [1.29, 1.82) is 0 Å². The molecule has 2 rings (SSSR count). The topological polar surface area (TPSA) is 20.3 Å². The number of para-hydroxylation sites is 1. The molecule has 14 heavy (non-hydrogen) atoms. The van der Waals surface area contributed by atoms with E-state index in [9.17, 15) is 9.18 Å². The van der Waals surface area contributed by atoms with Crippen LogP contribution in [0.4, 0.5) is 10.1 Å². The lowest BCUT2D eigenvalue weighted by molar-refractivity contribution is -0.116. The van der Waals surface area contributed by atoms with Gasteiger partial charge in [0, 0.05) is 12.8 Å². The molecule has 0 N–H and O–H groups in total. The molecule has 4 heteroatoms. The molecule has 0 spiro atoms. The van der Waals surface area contributed by atoms with Crippen LogP contribution in [0.15, 0.2) is 24.3 Å². The third-order valence-corrected chi connectivity index (χ3v) is 2.53. The molecule has 1 fully saturated rings. The van der Waals surface area contributed by atoms with E-state index in [1.807, 2.05) is 0 Å². The minimum atomic E-state index is -0.412. The summed E-state index contributed by atoms with van der Waals surface area (Å²) in [5.74, 6) is -0.537. The van der Waals surface area contributed by atoms with Gasteiger partial charge >= 0.3 is 0 Å². The van der Waals surface area contributed by atoms with Crippen molar-refractivity contribution in [2.45, 2.75) is 12.8 Å². The molecule has 0 radical (unpaired) electrons. The summed E-state index contributed by atoms with van der Waals surface area (Å²) in [6, 6.07) is 6.16. The van der Waals surface area contributed by atoms with Crippen molar-refractivity contribution in [3.05, 3.63) is 30.1 Å². The van der Waals surface area contributed by atoms with Crippen molar-refractivity contribution in [1.82, 2.24) is 0 Å². The molecule has 1 aliphatic heterocycles. The summed E-state index contributed by atoms with van der Waals surface area (Å²) in [6.45, 7) is 0. The van der Waals surface area contributed by atoms with E-state index in [0.717, 1.165) is 0 Å². The first-order valence-corrected chi connectivity index (χ1v) is 4.71. The van der Waals surface area contributed by atoms with Crippen LogP contribution in [0.2, 0.25) is 0 Å². The number of carbonyl (C=O) groups excluding carboxylic acids is 1. The quantitative estimate of drug-likeness (QED) is 0.661. The van der Waals surface area contributed by atoms with Gasteiger partial charge in [0.05, 0.1) is 10.7 Å². The van der Waals surface area contributed by atoms with Gasteiger partial charge in [-0.1, -0.05) is 24.4 Å². The summed E-state index contributed by atoms with van der Waals surface area (Å²) in [6.07, 6.45) is 0.926. The molecule has 1 aromatic carbocycles. The van der Waals surface area contributed by atoms with E-state index >= 15 is 0 Å². The number of rotatable bonds is 1. The van der Waals surface area contributed by atoms with Crippen LogP contribution in [0, 0.1) is 5.82 Å². The fraction of sp³-hybridized carbons (Fsp3) is 0.200. The number of nitrogens with zero attached hydrogens (tertiary/aromatic N) is 1. The largest absolute Gasteiger partial charge is 0.274 e. The van der Waals surface area contributed by atoms with E-state index in [1.54, 1.807) is 18.2 Å². The normalized spacial score (nSPS) is 16.5. The summed E-state index contributed by atoms with van der Waals surface area (Å²) in [7, 11) is 0. The average Bonchev–Trinajstić information content (AvgIpc) is 2.48. The van der Waals surface area contributed by atoms with Gasteiger partial charge in [-0.05, 0) is 12.1 Å². The van der Waals surface area contributed by atoms with Crippen LogP contribution in [-0.4, -0.2) is 10.9 Å². The predicted octanol–water partition coefficient (Wildman–Crippen LogP) is 2.28. The minimum absolute atomic E-state index is 0.125. The zero-order valence-electron chi connectivity index (χ0n) is 7.37. The molecule has 0 unspecified atom stereocenters. The van der Waals surface area contributed by atoms with Gasteiger partial charge in [0.15, 0.2) is 0 Å². The Morgan fingerprint density at radius 3 is 2.57 bits per heavy atom. The minimum Gasteiger partial charge on any atom is -0.274 e. The molecule has 1 aromatic rings. The first-order valence-electron chi connectivity index (χ1n) is 4.30. The van der Waals surface area contributed by atoms with Gasteiger partial charge in [0.25, 0.3) is 0 Å². The molecule has 1 aliphatic rings. The van der Waals surface area contributed by atoms with Gasteiger partial charge in [-0.15, -0.1) is 0 Å². The lowest BCUT2D eigenvalue weighted by Crippen LogP contribution is -2.28. The SMILES string of the molecule is O=C1CCC(=S)N1c1ccccc1F. The van der Waals surface area contributed by atoms with E-state index < -0.39 is 5.82 Å². The third kappa shape index (κ3) is 1.42. The van der Waals surface area contributed by atoms with Crippen LogP contribution in [0.5, 0.6) is 0 Å². The Bertz CT molecular complexity index is 389. The summed E-state index contributed by atoms with van der Waals surface area (Å²) >= 11 is 5.00. The van der Waals surface area contributed by atoms with Crippen LogP contribution >= 0.6 is 12.2 Å². The summed E-state index contributed by atoms with van der Waals surface area (Å²) in [5.41, 5.74) is 0.264. The smallest absolute Gasteiger partial charge is 0.232 e. The van der Waals surface area contributed by atoms with E-state index in [2.05, 4.69) is 0 Å². The number of carbonyl (C=O) groups is 1. The van der Waals surface area contributed by atoms with Gasteiger partial charge in [-0.2, -0.15) is 0 Å².